The number of benzene rings is 1. The minimum absolute atomic E-state index is 0.0756. The summed E-state index contributed by atoms with van der Waals surface area (Å²) in [5, 5.41) is 3.08. The van der Waals surface area contributed by atoms with E-state index in [1.165, 1.54) is 0 Å². The fraction of sp³-hybridized carbons (Fsp3) is 0.400. The van der Waals surface area contributed by atoms with Gasteiger partial charge in [-0.2, -0.15) is 4.98 Å². The standard InChI is InChI=1S/C20H25N7O3/c21-19(22)23-6-1-7-26-8-4-14(5-9-26)27-11-17-18(25-20(27)29)24-15-10-13(12-28)2-3-16(15)30-17/h2-3,10-12,14H,1,4-9H2,(H4,21,22,23)(H,24,25,29). The highest BCUT2D eigenvalue weighted by atomic mass is 16.5. The van der Waals surface area contributed by atoms with Gasteiger partial charge in [0.1, 0.15) is 6.29 Å². The number of piperidine rings is 1. The Morgan fingerprint density at radius 1 is 1.30 bits per heavy atom. The van der Waals surface area contributed by atoms with Crippen LogP contribution in [-0.4, -0.2) is 52.9 Å². The van der Waals surface area contributed by atoms with Gasteiger partial charge >= 0.3 is 5.69 Å². The Morgan fingerprint density at radius 2 is 2.10 bits per heavy atom. The lowest BCUT2D eigenvalue weighted by Gasteiger charge is -2.33. The summed E-state index contributed by atoms with van der Waals surface area (Å²) >= 11 is 0. The van der Waals surface area contributed by atoms with Crippen LogP contribution in [-0.2, 0) is 0 Å². The highest BCUT2D eigenvalue weighted by Crippen LogP contribution is 2.40. The number of guanidine groups is 1. The van der Waals surface area contributed by atoms with Crippen LogP contribution in [0.3, 0.4) is 0 Å². The van der Waals surface area contributed by atoms with Crippen molar-refractivity contribution in [2.45, 2.75) is 25.3 Å². The van der Waals surface area contributed by atoms with Gasteiger partial charge in [0.15, 0.2) is 23.3 Å². The van der Waals surface area contributed by atoms with Gasteiger partial charge in [0, 0.05) is 31.2 Å². The molecule has 2 aliphatic rings. The van der Waals surface area contributed by atoms with Crippen molar-refractivity contribution in [3.05, 3.63) is 40.4 Å². The summed E-state index contributed by atoms with van der Waals surface area (Å²) in [5.74, 6) is 1.58. The number of nitrogens with one attached hydrogen (secondary N) is 1. The Bertz CT molecular complexity index is 1020. The normalized spacial score (nSPS) is 16.0. The third-order valence-corrected chi connectivity index (χ3v) is 5.41. The van der Waals surface area contributed by atoms with Crippen LogP contribution in [0.5, 0.6) is 11.5 Å². The second-order valence-corrected chi connectivity index (χ2v) is 7.48. The maximum atomic E-state index is 12.6. The fourth-order valence-corrected chi connectivity index (χ4v) is 3.85. The van der Waals surface area contributed by atoms with Crippen molar-refractivity contribution in [2.24, 2.45) is 16.5 Å². The third kappa shape index (κ3) is 4.28. The van der Waals surface area contributed by atoms with E-state index in [0.29, 0.717) is 35.1 Å². The molecule has 1 fully saturated rings. The molecule has 4 rings (SSSR count). The van der Waals surface area contributed by atoms with Gasteiger partial charge in [0.25, 0.3) is 0 Å². The molecule has 0 atom stereocenters. The predicted octanol–water partition coefficient (Wildman–Crippen LogP) is 1.21. The molecule has 0 amide bonds. The first-order valence-electron chi connectivity index (χ1n) is 9.98. The molecule has 10 heteroatoms. The van der Waals surface area contributed by atoms with E-state index in [1.54, 1.807) is 29.0 Å². The second-order valence-electron chi connectivity index (χ2n) is 7.48. The number of nitrogens with two attached hydrogens (primary N) is 2. The number of aliphatic imine (C=N–C) groups is 1. The quantitative estimate of drug-likeness (QED) is 0.238. The molecule has 3 heterocycles. The molecular formula is C20H25N7O3. The molecule has 0 bridgehead atoms. The van der Waals surface area contributed by atoms with Crippen molar-refractivity contribution >= 4 is 23.8 Å². The number of ether oxygens (including phenoxy) is 1. The Labute approximate surface area is 173 Å². The van der Waals surface area contributed by atoms with Gasteiger partial charge in [-0.15, -0.1) is 0 Å². The first kappa shape index (κ1) is 19.9. The molecule has 0 spiro atoms. The number of aromatic nitrogens is 2. The van der Waals surface area contributed by atoms with E-state index in [9.17, 15) is 9.59 Å². The summed E-state index contributed by atoms with van der Waals surface area (Å²) in [7, 11) is 0. The zero-order chi connectivity index (χ0) is 21.1. The van der Waals surface area contributed by atoms with Gasteiger partial charge in [-0.1, -0.05) is 0 Å². The summed E-state index contributed by atoms with van der Waals surface area (Å²) in [6, 6.07) is 5.16. The molecular weight excluding hydrogens is 386 g/mol. The minimum atomic E-state index is -0.314. The first-order valence-corrected chi connectivity index (χ1v) is 9.98. The van der Waals surface area contributed by atoms with Gasteiger partial charge in [-0.3, -0.25) is 14.4 Å². The van der Waals surface area contributed by atoms with Crippen molar-refractivity contribution in [2.75, 3.05) is 31.5 Å². The number of hydrogen-bond donors (Lipinski definition) is 3. The van der Waals surface area contributed by atoms with E-state index >= 15 is 0 Å². The largest absolute Gasteiger partial charge is 0.450 e. The van der Waals surface area contributed by atoms with Gasteiger partial charge < -0.3 is 26.4 Å². The molecule has 1 saturated heterocycles. The van der Waals surface area contributed by atoms with Crippen LogP contribution in [0.1, 0.15) is 35.7 Å². The molecule has 1 aromatic heterocycles. The van der Waals surface area contributed by atoms with Crippen molar-refractivity contribution in [3.8, 4) is 11.5 Å². The highest BCUT2D eigenvalue weighted by Gasteiger charge is 2.25. The van der Waals surface area contributed by atoms with Gasteiger partial charge in [-0.25, -0.2) is 4.79 Å². The van der Waals surface area contributed by atoms with E-state index in [4.69, 9.17) is 16.2 Å². The maximum Gasteiger partial charge on any atom is 0.350 e. The second kappa shape index (κ2) is 8.54. The zero-order valence-corrected chi connectivity index (χ0v) is 16.6. The smallest absolute Gasteiger partial charge is 0.350 e. The fourth-order valence-electron chi connectivity index (χ4n) is 3.85. The van der Waals surface area contributed by atoms with Gasteiger partial charge in [0.2, 0.25) is 0 Å². The average Bonchev–Trinajstić information content (AvgIpc) is 2.75. The number of carbonyl (C=O) groups excluding carboxylic acids is 1. The summed E-state index contributed by atoms with van der Waals surface area (Å²) in [4.78, 5) is 34.1. The Hall–Kier alpha value is -3.40. The van der Waals surface area contributed by atoms with E-state index in [-0.39, 0.29) is 17.7 Å². The van der Waals surface area contributed by atoms with E-state index in [1.807, 2.05) is 0 Å². The van der Waals surface area contributed by atoms with E-state index in [2.05, 4.69) is 20.2 Å². The number of hydrogen-bond acceptors (Lipinski definition) is 7. The van der Waals surface area contributed by atoms with Crippen LogP contribution in [0.4, 0.5) is 11.5 Å². The molecule has 2 aromatic rings. The van der Waals surface area contributed by atoms with Crippen molar-refractivity contribution in [1.82, 2.24) is 14.5 Å². The molecule has 0 radical (unpaired) electrons. The monoisotopic (exact) mass is 411 g/mol. The first-order chi connectivity index (χ1) is 14.5. The third-order valence-electron chi connectivity index (χ3n) is 5.41. The Kier molecular flexibility index (Phi) is 5.66. The molecule has 0 saturated carbocycles. The number of likely N-dealkylation sites (tertiary alicyclic amines) is 1. The van der Waals surface area contributed by atoms with E-state index in [0.717, 1.165) is 45.2 Å². The van der Waals surface area contributed by atoms with Gasteiger partial charge in [0.05, 0.1) is 11.9 Å². The molecule has 10 nitrogen and oxygen atoms in total. The Morgan fingerprint density at radius 3 is 2.83 bits per heavy atom. The lowest BCUT2D eigenvalue weighted by molar-refractivity contribution is 0.112. The molecule has 0 unspecified atom stereocenters. The number of rotatable bonds is 6. The predicted molar refractivity (Wildman–Crippen MR) is 114 cm³/mol. The molecule has 158 valence electrons. The minimum Gasteiger partial charge on any atom is -0.450 e. The number of aldehydes is 1. The summed E-state index contributed by atoms with van der Waals surface area (Å²) in [5.41, 5.74) is 11.5. The molecule has 0 aliphatic carbocycles. The lowest BCUT2D eigenvalue weighted by atomic mass is 10.0. The topological polar surface area (TPSA) is 141 Å². The van der Waals surface area contributed by atoms with Crippen LogP contribution >= 0.6 is 0 Å². The number of fused-ring (bicyclic) bond motifs is 2. The number of carbonyl (C=O) groups is 1. The van der Waals surface area contributed by atoms with Crippen LogP contribution in [0.15, 0.2) is 34.2 Å². The van der Waals surface area contributed by atoms with Gasteiger partial charge in [-0.05, 0) is 44.0 Å². The number of anilines is 2. The van der Waals surface area contributed by atoms with Crippen LogP contribution in [0, 0.1) is 0 Å². The Balaban J connectivity index is 1.42. The molecule has 2 aliphatic heterocycles. The molecule has 30 heavy (non-hydrogen) atoms. The SMILES string of the molecule is NC(N)=NCCCN1CCC(n2cc3c(nc2=O)Nc2cc(C=O)ccc2O3)CC1. The highest BCUT2D eigenvalue weighted by molar-refractivity contribution is 5.81. The van der Waals surface area contributed by atoms with Crippen molar-refractivity contribution in [3.63, 3.8) is 0 Å². The average molecular weight is 411 g/mol. The maximum absolute atomic E-state index is 12.6. The number of nitrogens with zero attached hydrogens (tertiary/aromatic N) is 4. The zero-order valence-electron chi connectivity index (χ0n) is 16.6. The van der Waals surface area contributed by atoms with E-state index < -0.39 is 0 Å². The van der Waals surface area contributed by atoms with Crippen molar-refractivity contribution < 1.29 is 9.53 Å². The summed E-state index contributed by atoms with van der Waals surface area (Å²) in [6.07, 6.45) is 5.10. The van der Waals surface area contributed by atoms with Crippen LogP contribution in [0.25, 0.3) is 0 Å². The lowest BCUT2D eigenvalue weighted by Crippen LogP contribution is -2.38. The molecule has 5 N–H and O–H groups in total. The summed E-state index contributed by atoms with van der Waals surface area (Å²) < 4.78 is 7.59. The summed E-state index contributed by atoms with van der Waals surface area (Å²) in [6.45, 7) is 3.34. The van der Waals surface area contributed by atoms with Crippen LogP contribution < -0.4 is 27.2 Å². The van der Waals surface area contributed by atoms with Crippen LogP contribution in [0.2, 0.25) is 0 Å². The van der Waals surface area contributed by atoms with Crippen molar-refractivity contribution in [1.29, 1.82) is 0 Å². The molecule has 1 aromatic carbocycles.